The van der Waals surface area contributed by atoms with E-state index in [4.69, 9.17) is 9.47 Å². The number of nitrogens with one attached hydrogen (secondary N) is 1. The number of benzene rings is 1. The second-order valence-electron chi connectivity index (χ2n) is 15.7. The number of ether oxygens (including phenoxy) is 2. The van der Waals surface area contributed by atoms with Gasteiger partial charge in [0.15, 0.2) is 5.72 Å². The molecule has 1 aromatic rings. The Morgan fingerprint density at radius 1 is 1.04 bits per heavy atom. The predicted octanol–water partition coefficient (Wildman–Crippen LogP) is 7.38. The minimum atomic E-state index is -4.91. The fourth-order valence-corrected chi connectivity index (χ4v) is 11.1. The number of nitrogens with zero attached hydrogens (tertiary/aromatic N) is 1. The summed E-state index contributed by atoms with van der Waals surface area (Å²) in [5, 5.41) is 14.5. The number of halogens is 3. The first kappa shape index (κ1) is 31.6. The number of likely N-dealkylation sites (tertiary alicyclic amines) is 1. The van der Waals surface area contributed by atoms with Crippen LogP contribution in [0.3, 0.4) is 0 Å². The topological polar surface area (TPSA) is 67.8 Å². The van der Waals surface area contributed by atoms with Gasteiger partial charge in [0.05, 0.1) is 31.8 Å². The van der Waals surface area contributed by atoms with Crippen molar-refractivity contribution in [2.75, 3.05) is 26.7 Å². The smallest absolute Gasteiger partial charge is 0.421 e. The summed E-state index contributed by atoms with van der Waals surface area (Å²) in [7, 11) is 1.37. The largest absolute Gasteiger partial charge is 0.508 e. The molecule has 3 saturated carbocycles. The van der Waals surface area contributed by atoms with Crippen LogP contribution in [-0.2, 0) is 14.3 Å². The standard InChI is InChI=1S/C38H47F3N2O4/c1-46-37(42-35(45)29(38(39,40)41)19-24-9-4-2-5-10-24)21-31(44)27-20-30-28-13-8-14-32-36(28,33(27)34(37)47-32)17-18-43(30,23-26-15-16-26)22-25-11-6-3-7-12-25/h2,4-5,9-10,19,21,25-26,28,30,32,34H,3,6-8,11-18,20,22-23H2,1H3,(H-,42,44,45)/p+1/t28-,30+,32-,34?,36+,37?,43?/m0/s1. The normalized spacial score (nSPS) is 38.6. The van der Waals surface area contributed by atoms with Gasteiger partial charge in [-0.1, -0.05) is 56.0 Å². The van der Waals surface area contributed by atoms with Crippen molar-refractivity contribution in [2.45, 2.75) is 107 Å². The quantitative estimate of drug-likeness (QED) is 0.175. The Hall–Kier alpha value is -2.62. The molecule has 8 rings (SSSR count). The van der Waals surface area contributed by atoms with Crippen LogP contribution in [0.5, 0.6) is 0 Å². The SMILES string of the molecule is COC1(NC(=O)C(=Cc2ccccc2)C(F)(F)F)C=C(O)C2=C3C1O[C@H]1CCC[C@H]4[C@@H](C2)[N+](CC2CCCCC2)(CC2CC2)CC[C@]314. The summed E-state index contributed by atoms with van der Waals surface area (Å²) in [4.78, 5) is 13.6. The van der Waals surface area contributed by atoms with Gasteiger partial charge in [0.1, 0.15) is 17.4 Å². The number of hydrogen-bond donors (Lipinski definition) is 2. The van der Waals surface area contributed by atoms with Crippen LogP contribution in [0.15, 0.2) is 58.9 Å². The summed E-state index contributed by atoms with van der Waals surface area (Å²) in [6.45, 7) is 3.52. The van der Waals surface area contributed by atoms with Crippen LogP contribution < -0.4 is 5.32 Å². The number of quaternary nitrogens is 1. The number of carbonyl (C=O) groups is 1. The Balaban J connectivity index is 1.17. The third-order valence-corrected chi connectivity index (χ3v) is 13.2. The molecule has 2 bridgehead atoms. The van der Waals surface area contributed by atoms with E-state index in [-0.39, 0.29) is 22.8 Å². The molecule has 1 spiro atoms. The summed E-state index contributed by atoms with van der Waals surface area (Å²) in [6, 6.07) is 8.40. The molecule has 254 valence electrons. The summed E-state index contributed by atoms with van der Waals surface area (Å²) in [6.07, 6.45) is 10.4. The second kappa shape index (κ2) is 11.5. The molecule has 7 atom stereocenters. The number of rotatable bonds is 8. The highest BCUT2D eigenvalue weighted by molar-refractivity contribution is 5.99. The molecule has 0 aromatic heterocycles. The molecule has 0 radical (unpaired) electrons. The highest BCUT2D eigenvalue weighted by Gasteiger charge is 2.72. The molecular weight excluding hydrogens is 605 g/mol. The average Bonchev–Trinajstić information content (AvgIpc) is 3.80. The zero-order valence-corrected chi connectivity index (χ0v) is 27.4. The van der Waals surface area contributed by atoms with E-state index < -0.39 is 29.5 Å². The number of amides is 1. The van der Waals surface area contributed by atoms with E-state index in [1.165, 1.54) is 83.4 Å². The molecule has 5 fully saturated rings. The van der Waals surface area contributed by atoms with Crippen molar-refractivity contribution in [2.24, 2.45) is 23.2 Å². The zero-order valence-electron chi connectivity index (χ0n) is 27.4. The number of carbonyl (C=O) groups excluding carboxylic acids is 1. The van der Waals surface area contributed by atoms with Gasteiger partial charge in [-0.15, -0.1) is 0 Å². The second-order valence-corrected chi connectivity index (χ2v) is 15.7. The first-order valence-corrected chi connectivity index (χ1v) is 18.0. The Morgan fingerprint density at radius 2 is 1.77 bits per heavy atom. The lowest BCUT2D eigenvalue weighted by molar-refractivity contribution is -0.967. The van der Waals surface area contributed by atoms with Crippen molar-refractivity contribution >= 4 is 12.0 Å². The maximum Gasteiger partial charge on any atom is 0.421 e. The van der Waals surface area contributed by atoms with E-state index in [1.807, 2.05) is 0 Å². The molecule has 2 N–H and O–H groups in total. The minimum Gasteiger partial charge on any atom is -0.508 e. The van der Waals surface area contributed by atoms with Crippen LogP contribution in [-0.4, -0.2) is 72.4 Å². The van der Waals surface area contributed by atoms with E-state index in [9.17, 15) is 23.1 Å². The molecule has 7 aliphatic rings. The molecule has 47 heavy (non-hydrogen) atoms. The summed E-state index contributed by atoms with van der Waals surface area (Å²) in [5.41, 5.74) is -1.27. The third kappa shape index (κ3) is 5.13. The lowest BCUT2D eigenvalue weighted by atomic mass is 9.49. The Bertz CT molecular complexity index is 1500. The lowest BCUT2D eigenvalue weighted by Crippen LogP contribution is -2.71. The molecule has 3 unspecified atom stereocenters. The Kier molecular flexibility index (Phi) is 7.73. The zero-order chi connectivity index (χ0) is 32.6. The molecule has 2 heterocycles. The maximum atomic E-state index is 14.4. The summed E-state index contributed by atoms with van der Waals surface area (Å²) >= 11 is 0. The fourth-order valence-electron chi connectivity index (χ4n) is 11.1. The highest BCUT2D eigenvalue weighted by atomic mass is 19.4. The molecule has 9 heteroatoms. The first-order valence-electron chi connectivity index (χ1n) is 18.0. The van der Waals surface area contributed by atoms with Gasteiger partial charge in [-0.2, -0.15) is 13.2 Å². The van der Waals surface area contributed by atoms with Gasteiger partial charge in [0.25, 0.3) is 5.91 Å². The molecule has 6 nitrogen and oxygen atoms in total. The number of hydrogen-bond acceptors (Lipinski definition) is 4. The van der Waals surface area contributed by atoms with Crippen molar-refractivity contribution in [1.82, 2.24) is 5.32 Å². The number of aliphatic hydroxyl groups excluding tert-OH is 1. The van der Waals surface area contributed by atoms with Crippen molar-refractivity contribution in [1.29, 1.82) is 0 Å². The summed E-state index contributed by atoms with van der Waals surface area (Å²) in [5.74, 6) is 0.613. The fraction of sp³-hybridized carbons (Fsp3) is 0.658. The van der Waals surface area contributed by atoms with Gasteiger partial charge in [0.2, 0.25) is 0 Å². The minimum absolute atomic E-state index is 0.0146. The number of piperidine rings is 1. The predicted molar refractivity (Wildman–Crippen MR) is 172 cm³/mol. The van der Waals surface area contributed by atoms with Gasteiger partial charge in [-0.25, -0.2) is 0 Å². The summed E-state index contributed by atoms with van der Waals surface area (Å²) < 4.78 is 57.2. The first-order chi connectivity index (χ1) is 22.6. The number of alkyl halides is 3. The van der Waals surface area contributed by atoms with E-state index in [2.05, 4.69) is 5.32 Å². The van der Waals surface area contributed by atoms with Crippen molar-refractivity contribution < 1.29 is 37.0 Å². The maximum absolute atomic E-state index is 14.4. The van der Waals surface area contributed by atoms with Crippen LogP contribution in [0.25, 0.3) is 6.08 Å². The Morgan fingerprint density at radius 3 is 2.45 bits per heavy atom. The molecule has 2 aliphatic heterocycles. The monoisotopic (exact) mass is 653 g/mol. The van der Waals surface area contributed by atoms with E-state index in [0.29, 0.717) is 12.0 Å². The molecule has 2 saturated heterocycles. The van der Waals surface area contributed by atoms with E-state index in [1.54, 1.807) is 18.2 Å². The van der Waals surface area contributed by atoms with E-state index in [0.717, 1.165) is 72.2 Å². The third-order valence-electron chi connectivity index (χ3n) is 13.2. The van der Waals surface area contributed by atoms with E-state index >= 15 is 0 Å². The van der Waals surface area contributed by atoms with Crippen molar-refractivity contribution in [3.05, 3.63) is 64.4 Å². The molecular formula is C38H48F3N2O4+. The average molecular weight is 654 g/mol. The van der Waals surface area contributed by atoms with Crippen molar-refractivity contribution in [3.63, 3.8) is 0 Å². The Labute approximate surface area is 275 Å². The number of methoxy groups -OCH3 is 1. The van der Waals surface area contributed by atoms with Crippen molar-refractivity contribution in [3.8, 4) is 0 Å². The van der Waals surface area contributed by atoms with Crippen LogP contribution in [0.1, 0.15) is 82.6 Å². The van der Waals surface area contributed by atoms with Crippen LogP contribution in [0.2, 0.25) is 0 Å². The van der Waals surface area contributed by atoms with Gasteiger partial charge in [-0.3, -0.25) is 4.79 Å². The number of allylic oxidation sites excluding steroid dienone is 1. The van der Waals surface area contributed by atoms with Gasteiger partial charge in [-0.05, 0) is 55.7 Å². The molecule has 1 aromatic carbocycles. The van der Waals surface area contributed by atoms with Gasteiger partial charge >= 0.3 is 6.18 Å². The number of aliphatic hydroxyl groups is 1. The highest BCUT2D eigenvalue weighted by Crippen LogP contribution is 2.68. The lowest BCUT2D eigenvalue weighted by Gasteiger charge is -2.63. The van der Waals surface area contributed by atoms with Gasteiger partial charge in [0, 0.05) is 54.8 Å². The van der Waals surface area contributed by atoms with Crippen LogP contribution >= 0.6 is 0 Å². The van der Waals surface area contributed by atoms with Crippen LogP contribution in [0.4, 0.5) is 13.2 Å². The van der Waals surface area contributed by atoms with Gasteiger partial charge < -0.3 is 24.4 Å². The molecule has 1 amide bonds. The van der Waals surface area contributed by atoms with Crippen LogP contribution in [0, 0.1) is 23.2 Å². The molecule has 5 aliphatic carbocycles.